The summed E-state index contributed by atoms with van der Waals surface area (Å²) in [5.41, 5.74) is 3.14. The number of benzene rings is 2. The van der Waals surface area contributed by atoms with Crippen LogP contribution in [0.4, 0.5) is 0 Å². The second-order valence-electron chi connectivity index (χ2n) is 5.06. The van der Waals surface area contributed by atoms with Gasteiger partial charge in [-0.25, -0.2) is 0 Å². The molecule has 3 N–H and O–H groups in total. The maximum absolute atomic E-state index is 10.1. The van der Waals surface area contributed by atoms with Crippen molar-refractivity contribution in [1.82, 2.24) is 10.3 Å². The van der Waals surface area contributed by atoms with Gasteiger partial charge in [0, 0.05) is 35.2 Å². The summed E-state index contributed by atoms with van der Waals surface area (Å²) < 4.78 is 0. The van der Waals surface area contributed by atoms with E-state index in [1.54, 1.807) is 0 Å². The van der Waals surface area contributed by atoms with Crippen LogP contribution in [-0.2, 0) is 6.54 Å². The predicted molar refractivity (Wildman–Crippen MR) is 86.4 cm³/mol. The maximum Gasteiger partial charge on any atom is 0.0914 e. The Morgan fingerprint density at radius 1 is 1.14 bits per heavy atom. The van der Waals surface area contributed by atoms with Crippen molar-refractivity contribution in [3.8, 4) is 0 Å². The highest BCUT2D eigenvalue weighted by Crippen LogP contribution is 2.22. The molecular weight excluding hydrogens is 284 g/mol. The van der Waals surface area contributed by atoms with Crippen LogP contribution in [0, 0.1) is 0 Å². The molecule has 0 aliphatic heterocycles. The zero-order valence-corrected chi connectivity index (χ0v) is 12.3. The summed E-state index contributed by atoms with van der Waals surface area (Å²) in [6, 6.07) is 15.5. The molecule has 3 aromatic rings. The Balaban J connectivity index is 1.63. The van der Waals surface area contributed by atoms with E-state index in [1.807, 2.05) is 54.7 Å². The molecule has 0 fully saturated rings. The Labute approximate surface area is 128 Å². The van der Waals surface area contributed by atoms with Crippen molar-refractivity contribution >= 4 is 22.5 Å². The highest BCUT2D eigenvalue weighted by atomic mass is 35.5. The number of fused-ring (bicyclic) bond motifs is 1. The van der Waals surface area contributed by atoms with E-state index in [4.69, 9.17) is 11.6 Å². The van der Waals surface area contributed by atoms with Gasteiger partial charge in [-0.2, -0.15) is 0 Å². The number of aliphatic hydroxyl groups excluding tert-OH is 1. The Bertz CT molecular complexity index is 724. The van der Waals surface area contributed by atoms with Gasteiger partial charge in [-0.05, 0) is 29.3 Å². The third-order valence-corrected chi connectivity index (χ3v) is 3.80. The van der Waals surface area contributed by atoms with Gasteiger partial charge in [-0.3, -0.25) is 0 Å². The SMILES string of the molecule is O[C@@H](CNCc1c[nH]c2ccc(Cl)cc12)c1ccccc1. The van der Waals surface area contributed by atoms with Gasteiger partial charge in [0.25, 0.3) is 0 Å². The summed E-state index contributed by atoms with van der Waals surface area (Å²) in [5, 5.41) is 15.2. The van der Waals surface area contributed by atoms with Crippen LogP contribution in [0.15, 0.2) is 54.7 Å². The summed E-state index contributed by atoms with van der Waals surface area (Å²) in [6.07, 6.45) is 1.48. The highest BCUT2D eigenvalue weighted by Gasteiger charge is 2.08. The Morgan fingerprint density at radius 3 is 2.76 bits per heavy atom. The molecule has 108 valence electrons. The Morgan fingerprint density at radius 2 is 1.95 bits per heavy atom. The number of aromatic amines is 1. The molecule has 2 aromatic carbocycles. The predicted octanol–water partition coefficient (Wildman–Crippen LogP) is 3.64. The van der Waals surface area contributed by atoms with Crippen LogP contribution in [0.1, 0.15) is 17.2 Å². The van der Waals surface area contributed by atoms with E-state index in [0.29, 0.717) is 13.1 Å². The minimum atomic E-state index is -0.500. The number of aliphatic hydroxyl groups is 1. The molecule has 0 unspecified atom stereocenters. The first-order chi connectivity index (χ1) is 10.2. The maximum atomic E-state index is 10.1. The average molecular weight is 301 g/mol. The van der Waals surface area contributed by atoms with Crippen LogP contribution >= 0.6 is 11.6 Å². The monoisotopic (exact) mass is 300 g/mol. The van der Waals surface area contributed by atoms with Gasteiger partial charge in [0.1, 0.15) is 0 Å². The topological polar surface area (TPSA) is 48.0 Å². The number of rotatable bonds is 5. The Kier molecular flexibility index (Phi) is 4.25. The van der Waals surface area contributed by atoms with E-state index < -0.39 is 6.10 Å². The molecule has 0 saturated heterocycles. The first-order valence-corrected chi connectivity index (χ1v) is 7.31. The van der Waals surface area contributed by atoms with Gasteiger partial charge in [0.05, 0.1) is 6.10 Å². The van der Waals surface area contributed by atoms with Crippen LogP contribution in [0.2, 0.25) is 5.02 Å². The molecule has 0 radical (unpaired) electrons. The largest absolute Gasteiger partial charge is 0.387 e. The van der Waals surface area contributed by atoms with E-state index in [2.05, 4.69) is 10.3 Å². The van der Waals surface area contributed by atoms with Crippen molar-refractivity contribution in [3.63, 3.8) is 0 Å². The molecule has 0 saturated carbocycles. The van der Waals surface area contributed by atoms with Gasteiger partial charge in [0.2, 0.25) is 0 Å². The van der Waals surface area contributed by atoms with Crippen LogP contribution in [0.3, 0.4) is 0 Å². The van der Waals surface area contributed by atoms with Crippen LogP contribution in [0.5, 0.6) is 0 Å². The summed E-state index contributed by atoms with van der Waals surface area (Å²) in [7, 11) is 0. The van der Waals surface area contributed by atoms with Crippen molar-refractivity contribution in [3.05, 3.63) is 70.9 Å². The zero-order valence-electron chi connectivity index (χ0n) is 11.5. The molecule has 0 aliphatic carbocycles. The lowest BCUT2D eigenvalue weighted by Crippen LogP contribution is -2.20. The lowest BCUT2D eigenvalue weighted by Gasteiger charge is -2.11. The molecule has 3 rings (SSSR count). The van der Waals surface area contributed by atoms with Gasteiger partial charge >= 0.3 is 0 Å². The number of H-pyrrole nitrogens is 1. The van der Waals surface area contributed by atoms with Gasteiger partial charge < -0.3 is 15.4 Å². The molecule has 1 aromatic heterocycles. The number of hydrogen-bond acceptors (Lipinski definition) is 2. The second-order valence-corrected chi connectivity index (χ2v) is 5.50. The fraction of sp³-hybridized carbons (Fsp3) is 0.176. The van der Waals surface area contributed by atoms with E-state index in [-0.39, 0.29) is 0 Å². The van der Waals surface area contributed by atoms with E-state index in [1.165, 1.54) is 0 Å². The fourth-order valence-electron chi connectivity index (χ4n) is 2.43. The lowest BCUT2D eigenvalue weighted by molar-refractivity contribution is 0.174. The smallest absolute Gasteiger partial charge is 0.0914 e. The molecule has 4 heteroatoms. The third kappa shape index (κ3) is 3.27. The second kappa shape index (κ2) is 6.31. The fourth-order valence-corrected chi connectivity index (χ4v) is 2.61. The molecule has 21 heavy (non-hydrogen) atoms. The summed E-state index contributed by atoms with van der Waals surface area (Å²) in [5.74, 6) is 0. The molecule has 0 spiro atoms. The third-order valence-electron chi connectivity index (χ3n) is 3.57. The van der Waals surface area contributed by atoms with Crippen molar-refractivity contribution in [2.75, 3.05) is 6.54 Å². The standard InChI is InChI=1S/C17H17ClN2O/c18-14-6-7-16-15(8-14)13(10-20-16)9-19-11-17(21)12-4-2-1-3-5-12/h1-8,10,17,19-21H,9,11H2/t17-/m0/s1. The van der Waals surface area contributed by atoms with E-state index in [0.717, 1.165) is 27.1 Å². The highest BCUT2D eigenvalue weighted by molar-refractivity contribution is 6.31. The molecule has 0 aliphatic rings. The minimum Gasteiger partial charge on any atom is -0.387 e. The normalized spacial score (nSPS) is 12.7. The minimum absolute atomic E-state index is 0.500. The number of aromatic nitrogens is 1. The number of halogens is 1. The van der Waals surface area contributed by atoms with Gasteiger partial charge in [0.15, 0.2) is 0 Å². The van der Waals surface area contributed by atoms with Gasteiger partial charge in [-0.15, -0.1) is 0 Å². The van der Waals surface area contributed by atoms with Gasteiger partial charge in [-0.1, -0.05) is 41.9 Å². The summed E-state index contributed by atoms with van der Waals surface area (Å²) in [4.78, 5) is 3.22. The quantitative estimate of drug-likeness (QED) is 0.673. The van der Waals surface area contributed by atoms with Crippen LogP contribution < -0.4 is 5.32 Å². The first kappa shape index (κ1) is 14.1. The lowest BCUT2D eigenvalue weighted by atomic mass is 10.1. The average Bonchev–Trinajstić information content (AvgIpc) is 2.90. The van der Waals surface area contributed by atoms with Crippen molar-refractivity contribution in [1.29, 1.82) is 0 Å². The van der Waals surface area contributed by atoms with Crippen molar-refractivity contribution in [2.45, 2.75) is 12.6 Å². The number of nitrogens with one attached hydrogen (secondary N) is 2. The first-order valence-electron chi connectivity index (χ1n) is 6.93. The van der Waals surface area contributed by atoms with Crippen molar-refractivity contribution in [2.24, 2.45) is 0 Å². The summed E-state index contributed by atoms with van der Waals surface area (Å²) in [6.45, 7) is 1.20. The molecule has 1 atom stereocenters. The van der Waals surface area contributed by atoms with Crippen molar-refractivity contribution < 1.29 is 5.11 Å². The van der Waals surface area contributed by atoms with Crippen LogP contribution in [0.25, 0.3) is 10.9 Å². The molecule has 0 amide bonds. The van der Waals surface area contributed by atoms with E-state index in [9.17, 15) is 5.11 Å². The van der Waals surface area contributed by atoms with E-state index >= 15 is 0 Å². The molecule has 3 nitrogen and oxygen atoms in total. The number of hydrogen-bond donors (Lipinski definition) is 3. The van der Waals surface area contributed by atoms with Crippen LogP contribution in [-0.4, -0.2) is 16.6 Å². The molecule has 1 heterocycles. The molecular formula is C17H17ClN2O. The molecule has 0 bridgehead atoms. The zero-order chi connectivity index (χ0) is 14.7. The summed E-state index contributed by atoms with van der Waals surface area (Å²) >= 11 is 6.04. The Hall–Kier alpha value is -1.81.